The lowest BCUT2D eigenvalue weighted by molar-refractivity contribution is -0.0515. The van der Waals surface area contributed by atoms with Crippen molar-refractivity contribution in [2.45, 2.75) is 32.0 Å². The van der Waals surface area contributed by atoms with Crippen molar-refractivity contribution < 1.29 is 27.8 Å². The van der Waals surface area contributed by atoms with Crippen LogP contribution in [0.25, 0.3) is 0 Å². The van der Waals surface area contributed by atoms with Crippen molar-refractivity contribution in [2.75, 3.05) is 6.61 Å². The number of aromatic amines is 1. The second kappa shape index (κ2) is 10.7. The van der Waals surface area contributed by atoms with Gasteiger partial charge in [-0.05, 0) is 36.5 Å². The minimum atomic E-state index is -3.05. The molecular formula is C23H21Cl2F2N3O5. The molecule has 0 bridgehead atoms. The monoisotopic (exact) mass is 527 g/mol. The molecule has 1 aromatic carbocycles. The highest BCUT2D eigenvalue weighted by molar-refractivity contribution is 6.35. The van der Waals surface area contributed by atoms with E-state index in [1.165, 1.54) is 36.9 Å². The maximum absolute atomic E-state index is 12.9. The number of aromatic nitrogens is 3. The number of pyridine rings is 1. The van der Waals surface area contributed by atoms with Crippen LogP contribution in [0.1, 0.15) is 40.6 Å². The highest BCUT2D eigenvalue weighted by atomic mass is 35.5. The molecule has 0 aliphatic heterocycles. The van der Waals surface area contributed by atoms with E-state index in [0.717, 1.165) is 12.8 Å². The van der Waals surface area contributed by atoms with E-state index in [1.54, 1.807) is 11.6 Å². The van der Waals surface area contributed by atoms with Crippen LogP contribution in [0.3, 0.4) is 0 Å². The number of ether oxygens (including phenoxy) is 3. The Morgan fingerprint density at radius 3 is 2.71 bits per heavy atom. The fourth-order valence-electron chi connectivity index (χ4n) is 3.35. The van der Waals surface area contributed by atoms with Crippen molar-refractivity contribution in [3.05, 3.63) is 74.1 Å². The number of aryl methyl sites for hydroxylation is 1. The molecule has 1 atom stereocenters. The number of hydrogen-bond acceptors (Lipinski definition) is 6. The van der Waals surface area contributed by atoms with Gasteiger partial charge in [-0.3, -0.25) is 4.79 Å². The number of rotatable bonds is 10. The van der Waals surface area contributed by atoms with Crippen LogP contribution in [0.5, 0.6) is 11.5 Å². The molecule has 2 heterocycles. The van der Waals surface area contributed by atoms with Gasteiger partial charge in [0.1, 0.15) is 11.1 Å². The Morgan fingerprint density at radius 2 is 2.06 bits per heavy atom. The molecule has 1 saturated carbocycles. The van der Waals surface area contributed by atoms with E-state index >= 15 is 0 Å². The molecule has 1 fully saturated rings. The van der Waals surface area contributed by atoms with E-state index in [1.807, 2.05) is 0 Å². The zero-order chi connectivity index (χ0) is 25.1. The number of H-pyrrole nitrogens is 1. The zero-order valence-corrected chi connectivity index (χ0v) is 20.0. The quantitative estimate of drug-likeness (QED) is 0.375. The number of carbonyl (C=O) groups excluding carboxylic acids is 1. The van der Waals surface area contributed by atoms with Crippen LogP contribution in [-0.4, -0.2) is 33.7 Å². The van der Waals surface area contributed by atoms with Crippen molar-refractivity contribution in [1.29, 1.82) is 0 Å². The summed E-state index contributed by atoms with van der Waals surface area (Å²) in [5.74, 6) is -0.450. The van der Waals surface area contributed by atoms with Gasteiger partial charge in [-0.25, -0.2) is 9.78 Å². The molecule has 35 heavy (non-hydrogen) atoms. The summed E-state index contributed by atoms with van der Waals surface area (Å²) in [4.78, 5) is 31.2. The first-order valence-electron chi connectivity index (χ1n) is 10.7. The summed E-state index contributed by atoms with van der Waals surface area (Å²) >= 11 is 12.4. The molecule has 3 aromatic rings. The Morgan fingerprint density at radius 1 is 1.29 bits per heavy atom. The summed E-state index contributed by atoms with van der Waals surface area (Å²) in [6.45, 7) is -2.71. The van der Waals surface area contributed by atoms with Crippen LogP contribution < -0.4 is 15.0 Å². The van der Waals surface area contributed by atoms with Gasteiger partial charge in [-0.15, -0.1) is 0 Å². The van der Waals surface area contributed by atoms with Gasteiger partial charge < -0.3 is 23.8 Å². The molecule has 0 amide bonds. The van der Waals surface area contributed by atoms with Gasteiger partial charge in [0.2, 0.25) is 0 Å². The molecule has 186 valence electrons. The lowest BCUT2D eigenvalue weighted by Crippen LogP contribution is -2.17. The Kier molecular flexibility index (Phi) is 7.61. The molecular weight excluding hydrogens is 507 g/mol. The van der Waals surface area contributed by atoms with E-state index in [9.17, 15) is 18.4 Å². The van der Waals surface area contributed by atoms with Crippen molar-refractivity contribution in [3.63, 3.8) is 0 Å². The second-order valence-electron chi connectivity index (χ2n) is 8.12. The molecule has 1 unspecified atom stereocenters. The number of halogens is 4. The molecule has 1 N–H and O–H groups in total. The van der Waals surface area contributed by atoms with Crippen LogP contribution in [0.15, 0.2) is 41.7 Å². The van der Waals surface area contributed by atoms with Crippen LogP contribution in [0.2, 0.25) is 10.0 Å². The average molecular weight is 528 g/mol. The van der Waals surface area contributed by atoms with E-state index in [-0.39, 0.29) is 39.2 Å². The number of imidazole rings is 1. The van der Waals surface area contributed by atoms with E-state index in [0.29, 0.717) is 18.1 Å². The van der Waals surface area contributed by atoms with Crippen LogP contribution >= 0.6 is 23.2 Å². The molecule has 1 aliphatic carbocycles. The molecule has 0 saturated heterocycles. The number of carbonyl (C=O) groups is 1. The maximum atomic E-state index is 12.9. The third kappa shape index (κ3) is 6.32. The first kappa shape index (κ1) is 25.0. The Labute approximate surface area is 208 Å². The summed E-state index contributed by atoms with van der Waals surface area (Å²) in [5, 5.41) is 0.00981. The third-order valence-corrected chi connectivity index (χ3v) is 6.10. The molecule has 8 nitrogen and oxygen atoms in total. The fraction of sp³-hybridized carbons (Fsp3) is 0.348. The number of benzene rings is 1. The summed E-state index contributed by atoms with van der Waals surface area (Å²) in [6, 6.07) is 4.24. The molecule has 0 spiro atoms. The molecule has 4 rings (SSSR count). The van der Waals surface area contributed by atoms with Crippen LogP contribution in [-0.2, 0) is 18.2 Å². The van der Waals surface area contributed by atoms with E-state index < -0.39 is 24.2 Å². The fourth-order valence-corrected chi connectivity index (χ4v) is 3.86. The second-order valence-corrected chi connectivity index (χ2v) is 8.90. The van der Waals surface area contributed by atoms with Gasteiger partial charge in [-0.2, -0.15) is 8.78 Å². The van der Waals surface area contributed by atoms with Gasteiger partial charge in [-0.1, -0.05) is 29.3 Å². The van der Waals surface area contributed by atoms with Crippen LogP contribution in [0, 0.1) is 5.92 Å². The van der Waals surface area contributed by atoms with Crippen molar-refractivity contribution in [2.24, 2.45) is 13.0 Å². The smallest absolute Gasteiger partial charge is 0.387 e. The number of nitrogens with zero attached hydrogens (tertiary/aromatic N) is 2. The third-order valence-electron chi connectivity index (χ3n) is 5.36. The van der Waals surface area contributed by atoms with Gasteiger partial charge >= 0.3 is 12.6 Å². The highest BCUT2D eigenvalue weighted by Gasteiger charge is 2.27. The lowest BCUT2D eigenvalue weighted by Gasteiger charge is -2.21. The van der Waals surface area contributed by atoms with Gasteiger partial charge in [0.05, 0.1) is 18.0 Å². The predicted molar refractivity (Wildman–Crippen MR) is 123 cm³/mol. The predicted octanol–water partition coefficient (Wildman–Crippen LogP) is 4.95. The summed E-state index contributed by atoms with van der Waals surface area (Å²) in [5.41, 5.74) is 0.150. The number of hydrogen-bond donors (Lipinski definition) is 1. The average Bonchev–Trinajstić information content (AvgIpc) is 3.55. The van der Waals surface area contributed by atoms with E-state index in [2.05, 4.69) is 14.7 Å². The topological polar surface area (TPSA) is 95.4 Å². The zero-order valence-electron chi connectivity index (χ0n) is 18.5. The largest absolute Gasteiger partial charge is 0.489 e. The number of esters is 1. The van der Waals surface area contributed by atoms with Crippen LogP contribution in [0.4, 0.5) is 8.78 Å². The normalized spacial score (nSPS) is 14.1. The first-order chi connectivity index (χ1) is 16.7. The molecule has 0 radical (unpaired) electrons. The summed E-state index contributed by atoms with van der Waals surface area (Å²) in [6.07, 6.45) is 5.12. The standard InChI is InChI=1S/C23H21Cl2F2N3O5/c1-30-9-16(29-11-30)22(32)34-18(7-14-15(24)8-28-21(31)20(14)25)13-4-5-17(35-23(26)27)19(6-13)33-10-12-2-3-12/h4-6,8-9,11-12,18,23H,2-3,7,10H2,1H3,(H,28,31). The van der Waals surface area contributed by atoms with Crippen molar-refractivity contribution >= 4 is 29.2 Å². The molecule has 1 aliphatic rings. The lowest BCUT2D eigenvalue weighted by atomic mass is 10.0. The Bertz CT molecular complexity index is 1280. The minimum absolute atomic E-state index is 0.0588. The van der Waals surface area contributed by atoms with Gasteiger partial charge in [0.25, 0.3) is 5.56 Å². The van der Waals surface area contributed by atoms with Gasteiger partial charge in [0.15, 0.2) is 17.2 Å². The SMILES string of the molecule is Cn1cnc(C(=O)OC(Cc2c(Cl)c[nH]c(=O)c2Cl)c2ccc(OC(F)F)c(OCC3CC3)c2)c1. The first-order valence-corrected chi connectivity index (χ1v) is 11.4. The molecule has 12 heteroatoms. The summed E-state index contributed by atoms with van der Waals surface area (Å²) < 4.78 is 43.5. The van der Waals surface area contributed by atoms with Gasteiger partial charge in [0, 0.05) is 31.4 Å². The Hall–Kier alpha value is -3.11. The highest BCUT2D eigenvalue weighted by Crippen LogP contribution is 2.37. The molecule has 2 aromatic heterocycles. The minimum Gasteiger partial charge on any atom is -0.489 e. The Balaban J connectivity index is 1.70. The number of alkyl halides is 2. The van der Waals surface area contributed by atoms with Crippen molar-refractivity contribution in [1.82, 2.24) is 14.5 Å². The maximum Gasteiger partial charge on any atom is 0.387 e. The number of nitrogens with one attached hydrogen (secondary N) is 1. The van der Waals surface area contributed by atoms with Crippen molar-refractivity contribution in [3.8, 4) is 11.5 Å². The summed E-state index contributed by atoms with van der Waals surface area (Å²) in [7, 11) is 1.70. The van der Waals surface area contributed by atoms with E-state index in [4.69, 9.17) is 32.7 Å².